The van der Waals surface area contributed by atoms with Crippen LogP contribution in [0.3, 0.4) is 0 Å². The summed E-state index contributed by atoms with van der Waals surface area (Å²) >= 11 is 0. The van der Waals surface area contributed by atoms with E-state index in [-0.39, 0.29) is 5.41 Å². The average molecular weight is 802 g/mol. The maximum absolute atomic E-state index is 2.54. The van der Waals surface area contributed by atoms with E-state index in [1.165, 1.54) is 99.8 Å². The summed E-state index contributed by atoms with van der Waals surface area (Å²) in [6, 6.07) is 84.3. The monoisotopic (exact) mass is 801 g/mol. The minimum absolute atomic E-state index is 0.0922. The number of fused-ring (bicyclic) bond motifs is 12. The molecule has 0 N–H and O–H groups in total. The van der Waals surface area contributed by atoms with Crippen molar-refractivity contribution in [3.05, 3.63) is 258 Å². The molecule has 0 heterocycles. The van der Waals surface area contributed by atoms with E-state index in [0.717, 1.165) is 17.1 Å². The third-order valence-electron chi connectivity index (χ3n) is 14.5. The van der Waals surface area contributed by atoms with Crippen LogP contribution >= 0.6 is 0 Å². The quantitative estimate of drug-likeness (QED) is 0.168. The van der Waals surface area contributed by atoms with E-state index in [1.807, 2.05) is 0 Å². The molecular weight excluding hydrogens is 759 g/mol. The molecule has 296 valence electrons. The van der Waals surface area contributed by atoms with Crippen molar-refractivity contribution < 1.29 is 0 Å². The zero-order valence-electron chi connectivity index (χ0n) is 35.3. The van der Waals surface area contributed by atoms with Crippen molar-refractivity contribution >= 4 is 27.8 Å². The summed E-state index contributed by atoms with van der Waals surface area (Å²) in [5.41, 5.74) is 23.4. The number of nitrogens with zero attached hydrogens (tertiary/aromatic N) is 1. The van der Waals surface area contributed by atoms with Gasteiger partial charge < -0.3 is 4.90 Å². The van der Waals surface area contributed by atoms with Crippen molar-refractivity contribution in [2.75, 3.05) is 4.90 Å². The molecular formula is C62H43N. The minimum atomic E-state index is -0.608. The van der Waals surface area contributed by atoms with Gasteiger partial charge in [0, 0.05) is 22.4 Å². The van der Waals surface area contributed by atoms with Crippen molar-refractivity contribution in [1.29, 1.82) is 0 Å². The number of hydrogen-bond acceptors (Lipinski definition) is 1. The summed E-state index contributed by atoms with van der Waals surface area (Å²) in [7, 11) is 0. The van der Waals surface area contributed by atoms with Crippen molar-refractivity contribution in [2.24, 2.45) is 0 Å². The van der Waals surface area contributed by atoms with Gasteiger partial charge in [0.1, 0.15) is 0 Å². The van der Waals surface area contributed by atoms with Gasteiger partial charge in [-0.05, 0) is 125 Å². The highest BCUT2D eigenvalue weighted by Gasteiger charge is 2.51. The van der Waals surface area contributed by atoms with Crippen molar-refractivity contribution in [2.45, 2.75) is 24.7 Å². The number of anilines is 3. The predicted octanol–water partition coefficient (Wildman–Crippen LogP) is 16.3. The van der Waals surface area contributed by atoms with Crippen LogP contribution in [-0.4, -0.2) is 0 Å². The van der Waals surface area contributed by atoms with Gasteiger partial charge in [0.05, 0.1) is 11.1 Å². The van der Waals surface area contributed by atoms with Gasteiger partial charge in [0.2, 0.25) is 0 Å². The van der Waals surface area contributed by atoms with Gasteiger partial charge in [-0.15, -0.1) is 0 Å². The lowest BCUT2D eigenvalue weighted by atomic mass is 9.60. The number of benzene rings is 10. The van der Waals surface area contributed by atoms with Crippen LogP contribution in [0.25, 0.3) is 66.4 Å². The van der Waals surface area contributed by atoms with Crippen LogP contribution in [0.1, 0.15) is 47.2 Å². The van der Waals surface area contributed by atoms with Gasteiger partial charge in [-0.25, -0.2) is 0 Å². The maximum atomic E-state index is 2.54. The standard InChI is InChI=1S/C62H43N/c1-61(2)53-28-13-9-26-49(53)52-38-43(34-37-54(52)61)63(58-31-16-12-23-45(58)40-18-5-3-6-19-40)44-33-36-50-47-24-10-14-29-55(47)62(57(50)39-44)56-30-15-11-25-48(56)51-27-17-22-42-32-35-46(60(62)59(42)51)41-20-7-4-8-21-41/h3-39H,1-2H3. The lowest BCUT2D eigenvalue weighted by molar-refractivity contribution is 0.660. The number of rotatable bonds is 5. The molecule has 1 unspecified atom stereocenters. The number of para-hydroxylation sites is 1. The van der Waals surface area contributed by atoms with E-state index in [0.29, 0.717) is 0 Å². The van der Waals surface area contributed by atoms with E-state index in [4.69, 9.17) is 0 Å². The first-order chi connectivity index (χ1) is 31.0. The third-order valence-corrected chi connectivity index (χ3v) is 14.5. The highest BCUT2D eigenvalue weighted by molar-refractivity contribution is 6.10. The molecule has 1 atom stereocenters. The molecule has 0 aromatic heterocycles. The van der Waals surface area contributed by atoms with Gasteiger partial charge in [0.15, 0.2) is 0 Å². The highest BCUT2D eigenvalue weighted by Crippen LogP contribution is 2.64. The zero-order valence-corrected chi connectivity index (χ0v) is 35.3. The molecule has 0 saturated carbocycles. The fourth-order valence-electron chi connectivity index (χ4n) is 11.8. The first-order valence-corrected chi connectivity index (χ1v) is 22.2. The van der Waals surface area contributed by atoms with Crippen LogP contribution in [0.5, 0.6) is 0 Å². The van der Waals surface area contributed by atoms with E-state index in [1.54, 1.807) is 0 Å². The van der Waals surface area contributed by atoms with Crippen LogP contribution in [-0.2, 0) is 10.8 Å². The predicted molar refractivity (Wildman–Crippen MR) is 263 cm³/mol. The van der Waals surface area contributed by atoms with E-state index in [2.05, 4.69) is 243 Å². The summed E-state index contributed by atoms with van der Waals surface area (Å²) < 4.78 is 0. The molecule has 13 rings (SSSR count). The van der Waals surface area contributed by atoms with E-state index < -0.39 is 5.41 Å². The Hall–Kier alpha value is -7.74. The molecule has 0 aliphatic heterocycles. The molecule has 0 amide bonds. The molecule has 10 aromatic carbocycles. The van der Waals surface area contributed by atoms with Crippen LogP contribution in [0.4, 0.5) is 17.1 Å². The summed E-state index contributed by atoms with van der Waals surface area (Å²) in [4.78, 5) is 2.52. The van der Waals surface area contributed by atoms with Crippen molar-refractivity contribution in [3.63, 3.8) is 0 Å². The third kappa shape index (κ3) is 4.94. The molecule has 1 heteroatoms. The Labute approximate surface area is 369 Å². The van der Waals surface area contributed by atoms with Crippen molar-refractivity contribution in [3.8, 4) is 55.6 Å². The van der Waals surface area contributed by atoms with Gasteiger partial charge in [0.25, 0.3) is 0 Å². The van der Waals surface area contributed by atoms with Crippen molar-refractivity contribution in [1.82, 2.24) is 0 Å². The van der Waals surface area contributed by atoms with E-state index in [9.17, 15) is 0 Å². The normalized spacial score (nSPS) is 15.7. The largest absolute Gasteiger partial charge is 0.310 e. The molecule has 0 fully saturated rings. The molecule has 3 aliphatic rings. The fourth-order valence-corrected chi connectivity index (χ4v) is 11.8. The summed E-state index contributed by atoms with van der Waals surface area (Å²) in [5, 5.41) is 2.59. The van der Waals surface area contributed by atoms with E-state index >= 15 is 0 Å². The maximum Gasteiger partial charge on any atom is 0.0732 e. The molecule has 10 aromatic rings. The van der Waals surface area contributed by atoms with Gasteiger partial charge in [-0.3, -0.25) is 0 Å². The molecule has 1 nitrogen and oxygen atoms in total. The Morgan fingerprint density at radius 2 is 0.810 bits per heavy atom. The lowest BCUT2D eigenvalue weighted by Gasteiger charge is -2.42. The second kappa shape index (κ2) is 13.4. The summed E-state index contributed by atoms with van der Waals surface area (Å²) in [5.74, 6) is 0. The molecule has 0 saturated heterocycles. The second-order valence-corrected chi connectivity index (χ2v) is 17.9. The summed E-state index contributed by atoms with van der Waals surface area (Å²) in [6.45, 7) is 4.73. The summed E-state index contributed by atoms with van der Waals surface area (Å²) in [6.07, 6.45) is 0. The minimum Gasteiger partial charge on any atom is -0.310 e. The van der Waals surface area contributed by atoms with Crippen LogP contribution in [0.15, 0.2) is 224 Å². The van der Waals surface area contributed by atoms with Gasteiger partial charge in [-0.2, -0.15) is 0 Å². The highest BCUT2D eigenvalue weighted by atomic mass is 15.1. The lowest BCUT2D eigenvalue weighted by Crippen LogP contribution is -2.32. The molecule has 0 radical (unpaired) electrons. The smallest absolute Gasteiger partial charge is 0.0732 e. The molecule has 3 aliphatic carbocycles. The Morgan fingerprint density at radius 3 is 1.52 bits per heavy atom. The zero-order chi connectivity index (χ0) is 41.9. The first-order valence-electron chi connectivity index (χ1n) is 22.2. The topological polar surface area (TPSA) is 3.24 Å². The average Bonchev–Trinajstić information content (AvgIpc) is 3.76. The Kier molecular flexibility index (Phi) is 7.64. The van der Waals surface area contributed by atoms with Gasteiger partial charge >= 0.3 is 0 Å². The fraction of sp³-hybridized carbons (Fsp3) is 0.0645. The van der Waals surface area contributed by atoms with Crippen LogP contribution in [0, 0.1) is 0 Å². The Balaban J connectivity index is 1.14. The second-order valence-electron chi connectivity index (χ2n) is 17.9. The first kappa shape index (κ1) is 36.0. The SMILES string of the molecule is CC1(C)c2ccccc2-c2cc(N(c3ccc4c(c3)C3(c5ccccc5-4)c4ccccc4-c4cccc5ccc(-c6ccccc6)c3c45)c3ccccc3-c3ccccc3)ccc21. The Bertz CT molecular complexity index is 3490. The van der Waals surface area contributed by atoms with Crippen LogP contribution in [0.2, 0.25) is 0 Å². The van der Waals surface area contributed by atoms with Crippen LogP contribution < -0.4 is 4.90 Å². The Morgan fingerprint density at radius 1 is 0.317 bits per heavy atom. The molecule has 0 bridgehead atoms. The molecule has 1 spiro atoms. The number of hydrogen-bond donors (Lipinski definition) is 0. The molecule has 63 heavy (non-hydrogen) atoms. The van der Waals surface area contributed by atoms with Gasteiger partial charge in [-0.1, -0.05) is 208 Å².